The van der Waals surface area contributed by atoms with Gasteiger partial charge in [0, 0.05) is 16.3 Å². The molecule has 0 radical (unpaired) electrons. The van der Waals surface area contributed by atoms with Crippen LogP contribution in [-0.4, -0.2) is 42.9 Å². The fourth-order valence-corrected chi connectivity index (χ4v) is 3.74. The number of ether oxygens (including phenoxy) is 1. The van der Waals surface area contributed by atoms with E-state index in [1.54, 1.807) is 16.7 Å². The summed E-state index contributed by atoms with van der Waals surface area (Å²) in [5.41, 5.74) is 2.03. The summed E-state index contributed by atoms with van der Waals surface area (Å²) in [6, 6.07) is 1.92. The smallest absolute Gasteiger partial charge is 0.358 e. The van der Waals surface area contributed by atoms with Crippen molar-refractivity contribution in [2.75, 3.05) is 5.32 Å². The molecule has 4 rings (SSSR count). The zero-order valence-corrected chi connectivity index (χ0v) is 15.5. The summed E-state index contributed by atoms with van der Waals surface area (Å²) >= 11 is 2.89. The van der Waals surface area contributed by atoms with E-state index in [0.29, 0.717) is 11.2 Å². The van der Waals surface area contributed by atoms with Crippen LogP contribution in [0.25, 0.3) is 21.7 Å². The summed E-state index contributed by atoms with van der Waals surface area (Å²) in [5.74, 6) is -0.921. The zero-order valence-electron chi connectivity index (χ0n) is 13.9. The summed E-state index contributed by atoms with van der Waals surface area (Å²) in [6.07, 6.45) is 1.71. The van der Waals surface area contributed by atoms with E-state index in [-0.39, 0.29) is 11.5 Å². The first-order valence-electron chi connectivity index (χ1n) is 7.76. The van der Waals surface area contributed by atoms with E-state index in [4.69, 9.17) is 4.74 Å². The Bertz CT molecular complexity index is 1100. The van der Waals surface area contributed by atoms with Gasteiger partial charge in [0.25, 0.3) is 5.91 Å². The molecule has 0 aliphatic rings. The van der Waals surface area contributed by atoms with Gasteiger partial charge in [0.05, 0.1) is 6.33 Å². The number of nitrogens with zero attached hydrogens (tertiary/aromatic N) is 4. The van der Waals surface area contributed by atoms with E-state index in [1.807, 2.05) is 16.8 Å². The van der Waals surface area contributed by atoms with Gasteiger partial charge >= 0.3 is 5.97 Å². The van der Waals surface area contributed by atoms with Crippen molar-refractivity contribution >= 4 is 51.5 Å². The molecule has 2 N–H and O–H groups in total. The Balaban J connectivity index is 1.42. The number of carbonyl (C=O) groups is 2. The lowest BCUT2D eigenvalue weighted by molar-refractivity contribution is -0.123. The number of aromatic nitrogens is 5. The molecule has 136 valence electrons. The molecule has 0 aliphatic heterocycles. The zero-order chi connectivity index (χ0) is 18.8. The summed E-state index contributed by atoms with van der Waals surface area (Å²) in [5, 5.41) is 8.82. The molecule has 4 aromatic rings. The molecule has 9 nitrogen and oxygen atoms in total. The number of carbonyl (C=O) groups excluding carboxylic acids is 2. The third-order valence-corrected chi connectivity index (χ3v) is 5.17. The Kier molecular flexibility index (Phi) is 4.60. The van der Waals surface area contributed by atoms with Gasteiger partial charge in [-0.3, -0.25) is 4.79 Å². The molecule has 0 aromatic carbocycles. The number of H-pyrrole nitrogens is 1. The Hall–Kier alpha value is -3.18. The highest BCUT2D eigenvalue weighted by atomic mass is 32.1. The molecule has 27 heavy (non-hydrogen) atoms. The van der Waals surface area contributed by atoms with Gasteiger partial charge in [-0.25, -0.2) is 24.7 Å². The minimum atomic E-state index is -1.03. The summed E-state index contributed by atoms with van der Waals surface area (Å²) in [7, 11) is 0. The van der Waals surface area contributed by atoms with Crippen LogP contribution in [0.2, 0.25) is 0 Å². The Morgan fingerprint density at radius 3 is 2.96 bits per heavy atom. The number of esters is 1. The molecule has 0 saturated carbocycles. The largest absolute Gasteiger partial charge is 0.448 e. The van der Waals surface area contributed by atoms with Crippen molar-refractivity contribution in [2.45, 2.75) is 13.0 Å². The number of aromatic amines is 1. The molecule has 1 atom stereocenters. The highest BCUT2D eigenvalue weighted by Gasteiger charge is 2.22. The molecule has 1 unspecified atom stereocenters. The quantitative estimate of drug-likeness (QED) is 0.494. The van der Waals surface area contributed by atoms with Gasteiger partial charge in [-0.05, 0) is 18.4 Å². The van der Waals surface area contributed by atoms with Crippen molar-refractivity contribution in [3.05, 3.63) is 40.6 Å². The van der Waals surface area contributed by atoms with E-state index in [0.717, 1.165) is 10.6 Å². The van der Waals surface area contributed by atoms with Gasteiger partial charge in [-0.15, -0.1) is 11.3 Å². The Labute approximate surface area is 160 Å². The van der Waals surface area contributed by atoms with Crippen molar-refractivity contribution in [3.8, 4) is 10.6 Å². The second-order valence-electron chi connectivity index (χ2n) is 5.41. The van der Waals surface area contributed by atoms with E-state index >= 15 is 0 Å². The third kappa shape index (κ3) is 3.55. The first-order chi connectivity index (χ1) is 13.1. The van der Waals surface area contributed by atoms with Gasteiger partial charge in [0.15, 0.2) is 23.3 Å². The maximum atomic E-state index is 12.3. The van der Waals surface area contributed by atoms with E-state index < -0.39 is 18.0 Å². The normalized spacial score (nSPS) is 12.0. The third-order valence-electron chi connectivity index (χ3n) is 3.60. The van der Waals surface area contributed by atoms with Crippen molar-refractivity contribution < 1.29 is 14.3 Å². The fourth-order valence-electron chi connectivity index (χ4n) is 2.24. The summed E-state index contributed by atoms with van der Waals surface area (Å²) in [6.45, 7) is 1.48. The summed E-state index contributed by atoms with van der Waals surface area (Å²) in [4.78, 5) is 43.7. The molecule has 0 aliphatic carbocycles. The molecule has 0 saturated heterocycles. The van der Waals surface area contributed by atoms with Crippen LogP contribution in [0.15, 0.2) is 34.9 Å². The number of amides is 1. The van der Waals surface area contributed by atoms with Crippen LogP contribution in [0.1, 0.15) is 17.4 Å². The van der Waals surface area contributed by atoms with Crippen LogP contribution in [-0.2, 0) is 9.53 Å². The Morgan fingerprint density at radius 1 is 1.26 bits per heavy atom. The lowest BCUT2D eigenvalue weighted by Crippen LogP contribution is -2.30. The monoisotopic (exact) mass is 400 g/mol. The fraction of sp³-hybridized carbons (Fsp3) is 0.125. The molecule has 0 bridgehead atoms. The average molecular weight is 400 g/mol. The van der Waals surface area contributed by atoms with E-state index in [9.17, 15) is 9.59 Å². The number of nitrogens with one attached hydrogen (secondary N) is 2. The summed E-state index contributed by atoms with van der Waals surface area (Å²) < 4.78 is 5.22. The minimum absolute atomic E-state index is 0.166. The highest BCUT2D eigenvalue weighted by Crippen LogP contribution is 2.26. The van der Waals surface area contributed by atoms with Crippen LogP contribution >= 0.6 is 22.7 Å². The van der Waals surface area contributed by atoms with Gasteiger partial charge in [0.2, 0.25) is 0 Å². The van der Waals surface area contributed by atoms with Crippen molar-refractivity contribution in [3.63, 3.8) is 0 Å². The first-order valence-corrected chi connectivity index (χ1v) is 9.58. The molecule has 0 spiro atoms. The van der Waals surface area contributed by atoms with Gasteiger partial charge in [-0.2, -0.15) is 11.3 Å². The molecule has 4 heterocycles. The standard InChI is InChI=1S/C16H12N6O3S2/c1-8(14(23)22-13-11-12(18-6-17-11)19-7-20-13)25-16(24)10-5-27-15(21-10)9-2-3-26-4-9/h2-8H,1H3,(H2,17,18,19,20,22,23). The maximum absolute atomic E-state index is 12.3. The van der Waals surface area contributed by atoms with Gasteiger partial charge in [0.1, 0.15) is 16.9 Å². The second-order valence-corrected chi connectivity index (χ2v) is 7.05. The molecular formula is C16H12N6O3S2. The number of thiazole rings is 1. The van der Waals surface area contributed by atoms with Crippen molar-refractivity contribution in [1.82, 2.24) is 24.9 Å². The topological polar surface area (TPSA) is 123 Å². The number of thiophene rings is 1. The van der Waals surface area contributed by atoms with Crippen molar-refractivity contribution in [1.29, 1.82) is 0 Å². The van der Waals surface area contributed by atoms with Gasteiger partial charge < -0.3 is 15.0 Å². The lowest BCUT2D eigenvalue weighted by Gasteiger charge is -2.12. The molecule has 4 aromatic heterocycles. The SMILES string of the molecule is CC(OC(=O)c1csc(-c2ccsc2)n1)C(=O)Nc1ncnc2nc[nH]c12. The lowest BCUT2D eigenvalue weighted by atomic mass is 10.3. The van der Waals surface area contributed by atoms with Gasteiger partial charge in [-0.1, -0.05) is 0 Å². The van der Waals surface area contributed by atoms with Crippen molar-refractivity contribution in [2.24, 2.45) is 0 Å². The maximum Gasteiger partial charge on any atom is 0.358 e. The van der Waals surface area contributed by atoms with Crippen LogP contribution in [0.4, 0.5) is 5.82 Å². The number of imidazole rings is 1. The van der Waals surface area contributed by atoms with E-state index in [2.05, 4.69) is 30.2 Å². The van der Waals surface area contributed by atoms with E-state index in [1.165, 1.54) is 30.9 Å². The highest BCUT2D eigenvalue weighted by molar-refractivity contribution is 7.14. The van der Waals surface area contributed by atoms with Crippen LogP contribution in [0, 0.1) is 0 Å². The average Bonchev–Trinajstić information content (AvgIpc) is 3.41. The molecule has 0 fully saturated rings. The molecule has 1 amide bonds. The number of anilines is 1. The second kappa shape index (κ2) is 7.21. The molecular weight excluding hydrogens is 388 g/mol. The predicted molar refractivity (Wildman–Crippen MR) is 101 cm³/mol. The number of fused-ring (bicyclic) bond motifs is 1. The molecule has 11 heteroatoms. The number of hydrogen-bond acceptors (Lipinski definition) is 9. The van der Waals surface area contributed by atoms with Crippen LogP contribution in [0.3, 0.4) is 0 Å². The first kappa shape index (κ1) is 17.2. The van der Waals surface area contributed by atoms with Crippen LogP contribution < -0.4 is 5.32 Å². The number of rotatable bonds is 5. The minimum Gasteiger partial charge on any atom is -0.448 e. The Morgan fingerprint density at radius 2 is 2.15 bits per heavy atom. The van der Waals surface area contributed by atoms with Crippen LogP contribution in [0.5, 0.6) is 0 Å². The number of hydrogen-bond donors (Lipinski definition) is 2. The predicted octanol–water partition coefficient (Wildman–Crippen LogP) is 2.72.